The topological polar surface area (TPSA) is 68.0 Å². The highest BCUT2D eigenvalue weighted by atomic mass is 16.5. The van der Waals surface area contributed by atoms with E-state index >= 15 is 0 Å². The molecule has 0 radical (unpaired) electrons. The maximum absolute atomic E-state index is 12.3. The first-order valence-corrected chi connectivity index (χ1v) is 7.32. The van der Waals surface area contributed by atoms with Crippen molar-refractivity contribution in [3.8, 4) is 11.5 Å². The third-order valence-electron chi connectivity index (χ3n) is 3.69. The summed E-state index contributed by atoms with van der Waals surface area (Å²) in [5.74, 6) is 0.927. The van der Waals surface area contributed by atoms with Gasteiger partial charge in [0.25, 0.3) is 11.8 Å². The van der Waals surface area contributed by atoms with E-state index in [0.717, 1.165) is 11.1 Å². The van der Waals surface area contributed by atoms with Crippen molar-refractivity contribution in [3.63, 3.8) is 0 Å². The minimum Gasteiger partial charge on any atom is -0.334 e. The van der Waals surface area contributed by atoms with Gasteiger partial charge in [0, 0.05) is 16.8 Å². The molecule has 116 valence electrons. The Hall–Kier alpha value is -2.95. The standard InChI is InChI=1S/C18H17N3O2/c1-11-4-5-15(10-12(11)2)17(22)20-16-8-6-14(7-9-16)18-19-13(3)21-23-18/h4-10H,1-3H3,(H,20,22). The second kappa shape index (κ2) is 6.04. The van der Waals surface area contributed by atoms with Crippen molar-refractivity contribution in [2.24, 2.45) is 0 Å². The van der Waals surface area contributed by atoms with Crippen LogP contribution in [0.25, 0.3) is 11.5 Å². The Kier molecular flexibility index (Phi) is 3.93. The van der Waals surface area contributed by atoms with E-state index in [9.17, 15) is 4.79 Å². The summed E-state index contributed by atoms with van der Waals surface area (Å²) in [5.41, 5.74) is 4.44. The molecule has 5 heteroatoms. The Morgan fingerprint density at radius 1 is 1.00 bits per heavy atom. The van der Waals surface area contributed by atoms with Crippen molar-refractivity contribution >= 4 is 11.6 Å². The first kappa shape index (κ1) is 15.0. The number of benzene rings is 2. The number of anilines is 1. The zero-order valence-corrected chi connectivity index (χ0v) is 13.3. The van der Waals surface area contributed by atoms with Gasteiger partial charge < -0.3 is 9.84 Å². The van der Waals surface area contributed by atoms with E-state index in [0.29, 0.717) is 23.0 Å². The minimum absolute atomic E-state index is 0.130. The molecule has 23 heavy (non-hydrogen) atoms. The number of aromatic nitrogens is 2. The zero-order chi connectivity index (χ0) is 16.4. The third-order valence-corrected chi connectivity index (χ3v) is 3.69. The molecule has 0 bridgehead atoms. The molecule has 3 rings (SSSR count). The number of amides is 1. The summed E-state index contributed by atoms with van der Waals surface area (Å²) >= 11 is 0. The van der Waals surface area contributed by atoms with Crippen molar-refractivity contribution < 1.29 is 9.32 Å². The number of carbonyl (C=O) groups excluding carboxylic acids is 1. The lowest BCUT2D eigenvalue weighted by Gasteiger charge is -2.07. The summed E-state index contributed by atoms with van der Waals surface area (Å²) in [4.78, 5) is 16.5. The second-order valence-corrected chi connectivity index (χ2v) is 5.48. The molecule has 0 aliphatic heterocycles. The van der Waals surface area contributed by atoms with Gasteiger partial charge in [0.2, 0.25) is 0 Å². The predicted molar refractivity (Wildman–Crippen MR) is 88.3 cm³/mol. The maximum Gasteiger partial charge on any atom is 0.257 e. The van der Waals surface area contributed by atoms with Gasteiger partial charge in [-0.15, -0.1) is 0 Å². The molecule has 0 spiro atoms. The van der Waals surface area contributed by atoms with Crippen LogP contribution in [-0.4, -0.2) is 16.0 Å². The molecule has 0 saturated carbocycles. The molecule has 0 aliphatic rings. The minimum atomic E-state index is -0.130. The van der Waals surface area contributed by atoms with Crippen LogP contribution in [-0.2, 0) is 0 Å². The Morgan fingerprint density at radius 3 is 2.35 bits per heavy atom. The van der Waals surface area contributed by atoms with Crippen LogP contribution >= 0.6 is 0 Å². The number of hydrogen-bond donors (Lipinski definition) is 1. The fraction of sp³-hybridized carbons (Fsp3) is 0.167. The molecule has 0 aliphatic carbocycles. The lowest BCUT2D eigenvalue weighted by molar-refractivity contribution is 0.102. The van der Waals surface area contributed by atoms with Crippen LogP contribution in [0.3, 0.4) is 0 Å². The van der Waals surface area contributed by atoms with Crippen LogP contribution in [0.15, 0.2) is 47.0 Å². The average molecular weight is 307 g/mol. The summed E-state index contributed by atoms with van der Waals surface area (Å²) in [5, 5.41) is 6.65. The van der Waals surface area contributed by atoms with Gasteiger partial charge in [-0.3, -0.25) is 4.79 Å². The van der Waals surface area contributed by atoms with Gasteiger partial charge in [-0.1, -0.05) is 11.2 Å². The predicted octanol–water partition coefficient (Wildman–Crippen LogP) is 3.91. The summed E-state index contributed by atoms with van der Waals surface area (Å²) in [6.45, 7) is 5.79. The van der Waals surface area contributed by atoms with E-state index in [-0.39, 0.29) is 5.91 Å². The summed E-state index contributed by atoms with van der Waals surface area (Å²) in [6.07, 6.45) is 0. The molecule has 1 amide bonds. The molecule has 5 nitrogen and oxygen atoms in total. The largest absolute Gasteiger partial charge is 0.334 e. The highest BCUT2D eigenvalue weighted by Gasteiger charge is 2.09. The lowest BCUT2D eigenvalue weighted by atomic mass is 10.1. The number of rotatable bonds is 3. The highest BCUT2D eigenvalue weighted by molar-refractivity contribution is 6.04. The monoisotopic (exact) mass is 307 g/mol. The summed E-state index contributed by atoms with van der Waals surface area (Å²) < 4.78 is 5.12. The molecule has 1 aromatic heterocycles. The van der Waals surface area contributed by atoms with Gasteiger partial charge in [-0.05, 0) is 68.3 Å². The molecule has 0 atom stereocenters. The van der Waals surface area contributed by atoms with Gasteiger partial charge in [0.15, 0.2) is 5.82 Å². The van der Waals surface area contributed by atoms with Gasteiger partial charge >= 0.3 is 0 Å². The SMILES string of the molecule is Cc1noc(-c2ccc(NC(=O)c3ccc(C)c(C)c3)cc2)n1. The van der Waals surface area contributed by atoms with E-state index in [4.69, 9.17) is 4.52 Å². The lowest BCUT2D eigenvalue weighted by Crippen LogP contribution is -2.12. The molecule has 2 aromatic carbocycles. The Labute approximate surface area is 134 Å². The number of nitrogens with one attached hydrogen (secondary N) is 1. The quantitative estimate of drug-likeness (QED) is 0.796. The molecular weight excluding hydrogens is 290 g/mol. The van der Waals surface area contributed by atoms with Crippen LogP contribution in [0.2, 0.25) is 0 Å². The maximum atomic E-state index is 12.3. The smallest absolute Gasteiger partial charge is 0.257 e. The normalized spacial score (nSPS) is 10.6. The van der Waals surface area contributed by atoms with E-state index in [1.165, 1.54) is 5.56 Å². The number of hydrogen-bond acceptors (Lipinski definition) is 4. The van der Waals surface area contributed by atoms with Gasteiger partial charge in [0.1, 0.15) is 0 Å². The fourth-order valence-corrected chi connectivity index (χ4v) is 2.20. The molecule has 1 heterocycles. The van der Waals surface area contributed by atoms with E-state index < -0.39 is 0 Å². The first-order valence-electron chi connectivity index (χ1n) is 7.32. The average Bonchev–Trinajstić information content (AvgIpc) is 2.97. The van der Waals surface area contributed by atoms with E-state index in [1.807, 2.05) is 56.3 Å². The van der Waals surface area contributed by atoms with E-state index in [2.05, 4.69) is 15.5 Å². The second-order valence-electron chi connectivity index (χ2n) is 5.48. The Balaban J connectivity index is 1.75. The Morgan fingerprint density at radius 2 is 1.74 bits per heavy atom. The van der Waals surface area contributed by atoms with Gasteiger partial charge in [0.05, 0.1) is 0 Å². The van der Waals surface area contributed by atoms with Crippen LogP contribution < -0.4 is 5.32 Å². The molecule has 0 unspecified atom stereocenters. The van der Waals surface area contributed by atoms with Crippen LogP contribution in [0.5, 0.6) is 0 Å². The van der Waals surface area contributed by atoms with Gasteiger partial charge in [-0.2, -0.15) is 4.98 Å². The molecule has 0 fully saturated rings. The molecule has 1 N–H and O–H groups in total. The van der Waals surface area contributed by atoms with Crippen LogP contribution in [0, 0.1) is 20.8 Å². The van der Waals surface area contributed by atoms with Crippen molar-refractivity contribution in [2.45, 2.75) is 20.8 Å². The zero-order valence-electron chi connectivity index (χ0n) is 13.3. The molecular formula is C18H17N3O2. The van der Waals surface area contributed by atoms with Crippen LogP contribution in [0.1, 0.15) is 27.3 Å². The van der Waals surface area contributed by atoms with Crippen molar-refractivity contribution in [2.75, 3.05) is 5.32 Å². The molecule has 0 saturated heterocycles. The van der Waals surface area contributed by atoms with Crippen LogP contribution in [0.4, 0.5) is 5.69 Å². The number of nitrogens with zero attached hydrogens (tertiary/aromatic N) is 2. The first-order chi connectivity index (χ1) is 11.0. The highest BCUT2D eigenvalue weighted by Crippen LogP contribution is 2.20. The third kappa shape index (κ3) is 3.29. The van der Waals surface area contributed by atoms with Crippen molar-refractivity contribution in [1.29, 1.82) is 0 Å². The van der Waals surface area contributed by atoms with Gasteiger partial charge in [-0.25, -0.2) is 0 Å². The summed E-state index contributed by atoms with van der Waals surface area (Å²) in [6, 6.07) is 13.0. The summed E-state index contributed by atoms with van der Waals surface area (Å²) in [7, 11) is 0. The van der Waals surface area contributed by atoms with Crippen molar-refractivity contribution in [1.82, 2.24) is 10.1 Å². The van der Waals surface area contributed by atoms with E-state index in [1.54, 1.807) is 6.92 Å². The molecule has 3 aromatic rings. The Bertz CT molecular complexity index is 851. The van der Waals surface area contributed by atoms with Crippen molar-refractivity contribution in [3.05, 3.63) is 65.0 Å². The number of carbonyl (C=O) groups is 1. The number of aryl methyl sites for hydroxylation is 3. The fourth-order valence-electron chi connectivity index (χ4n) is 2.20.